The van der Waals surface area contributed by atoms with Crippen LogP contribution in [0.15, 0.2) is 58.3 Å². The van der Waals surface area contributed by atoms with Crippen LogP contribution in [-0.2, 0) is 40.5 Å². The van der Waals surface area contributed by atoms with Gasteiger partial charge in [0.1, 0.15) is 0 Å². The van der Waals surface area contributed by atoms with Crippen molar-refractivity contribution < 1.29 is 40.9 Å². The maximum Gasteiger partial charge on any atom is 0.337 e. The molecule has 0 saturated heterocycles. The lowest BCUT2D eigenvalue weighted by molar-refractivity contribution is 0.0600. The van der Waals surface area contributed by atoms with Crippen molar-refractivity contribution in [1.82, 2.24) is 0 Å². The Balaban J connectivity index is 0.000000323. The number of carbonyl (C=O) groups is 1. The molecule has 0 heterocycles. The molecule has 2 aromatic carbocycles. The fourth-order valence-electron chi connectivity index (χ4n) is 2.34. The van der Waals surface area contributed by atoms with Crippen LogP contribution in [-0.4, -0.2) is 74.0 Å². The van der Waals surface area contributed by atoms with E-state index >= 15 is 0 Å². The van der Waals surface area contributed by atoms with E-state index in [1.807, 2.05) is 0 Å². The number of carbonyl (C=O) groups excluding carboxylic acids is 1. The molecule has 0 unspecified atom stereocenters. The molecular weight excluding hydrogens is 460 g/mol. The summed E-state index contributed by atoms with van der Waals surface area (Å²) in [7, 11) is -2.43. The van der Waals surface area contributed by atoms with Gasteiger partial charge in [-0.1, -0.05) is 12.1 Å². The highest BCUT2D eigenvalue weighted by Crippen LogP contribution is 2.13. The molecule has 1 N–H and O–H groups in total. The molecule has 0 aliphatic rings. The molecule has 0 saturated carbocycles. The Kier molecular flexibility index (Phi) is 11.5. The van der Waals surface area contributed by atoms with Gasteiger partial charge in [-0.3, -0.25) is 0 Å². The fraction of sp³-hybridized carbons (Fsp3) is 0.381. The van der Waals surface area contributed by atoms with Gasteiger partial charge in [0.2, 0.25) is 0 Å². The SMILES string of the molecule is COCCS(=O)(=O)c1ccc(C(=O)OC)cc1.COCCS(=O)(=O)c1ccc(CO)cc1. The zero-order chi connectivity index (χ0) is 24.2. The molecule has 0 aliphatic carbocycles. The number of benzene rings is 2. The van der Waals surface area contributed by atoms with Crippen LogP contribution in [0.4, 0.5) is 0 Å². The Hall–Kier alpha value is -2.31. The molecule has 0 fully saturated rings. The molecule has 2 rings (SSSR count). The highest BCUT2D eigenvalue weighted by atomic mass is 32.2. The van der Waals surface area contributed by atoms with Crippen LogP contribution < -0.4 is 0 Å². The van der Waals surface area contributed by atoms with Gasteiger partial charge in [-0.2, -0.15) is 0 Å². The quantitative estimate of drug-likeness (QED) is 0.494. The number of hydrogen-bond donors (Lipinski definition) is 1. The molecule has 0 radical (unpaired) electrons. The largest absolute Gasteiger partial charge is 0.465 e. The Labute approximate surface area is 188 Å². The van der Waals surface area contributed by atoms with Crippen molar-refractivity contribution in [1.29, 1.82) is 0 Å². The molecule has 0 amide bonds. The molecule has 2 aromatic rings. The monoisotopic (exact) mass is 488 g/mol. The van der Waals surface area contributed by atoms with Crippen LogP contribution >= 0.6 is 0 Å². The van der Waals surface area contributed by atoms with E-state index in [0.717, 1.165) is 0 Å². The average molecular weight is 489 g/mol. The molecular formula is C21H28O9S2. The summed E-state index contributed by atoms with van der Waals surface area (Å²) in [5.74, 6) is -0.603. The summed E-state index contributed by atoms with van der Waals surface area (Å²) in [6, 6.07) is 11.8. The molecule has 32 heavy (non-hydrogen) atoms. The summed E-state index contributed by atoms with van der Waals surface area (Å²) < 4.78 is 60.8. The maximum atomic E-state index is 11.7. The zero-order valence-corrected chi connectivity index (χ0v) is 19.8. The van der Waals surface area contributed by atoms with Crippen molar-refractivity contribution in [2.75, 3.05) is 46.0 Å². The molecule has 0 spiro atoms. The Bertz CT molecular complexity index is 1040. The Morgan fingerprint density at radius 1 is 0.750 bits per heavy atom. The van der Waals surface area contributed by atoms with Crippen molar-refractivity contribution in [2.24, 2.45) is 0 Å². The molecule has 0 aromatic heterocycles. The number of hydrogen-bond acceptors (Lipinski definition) is 9. The van der Waals surface area contributed by atoms with E-state index in [2.05, 4.69) is 4.74 Å². The Morgan fingerprint density at radius 2 is 1.16 bits per heavy atom. The molecule has 0 atom stereocenters. The third kappa shape index (κ3) is 8.67. The predicted molar refractivity (Wildman–Crippen MR) is 118 cm³/mol. The lowest BCUT2D eigenvalue weighted by Crippen LogP contribution is -2.11. The minimum Gasteiger partial charge on any atom is -0.465 e. The number of aliphatic hydroxyl groups is 1. The maximum absolute atomic E-state index is 11.7. The van der Waals surface area contributed by atoms with Gasteiger partial charge in [0.15, 0.2) is 19.7 Å². The van der Waals surface area contributed by atoms with Gasteiger partial charge in [-0.15, -0.1) is 0 Å². The highest BCUT2D eigenvalue weighted by molar-refractivity contribution is 7.91. The Morgan fingerprint density at radius 3 is 1.50 bits per heavy atom. The zero-order valence-electron chi connectivity index (χ0n) is 18.2. The third-order valence-corrected chi connectivity index (χ3v) is 7.60. The van der Waals surface area contributed by atoms with Crippen LogP contribution in [0.25, 0.3) is 0 Å². The average Bonchev–Trinajstić information content (AvgIpc) is 2.81. The van der Waals surface area contributed by atoms with Gasteiger partial charge in [-0.25, -0.2) is 21.6 Å². The first kappa shape index (κ1) is 27.7. The van der Waals surface area contributed by atoms with Gasteiger partial charge in [-0.05, 0) is 42.0 Å². The van der Waals surface area contributed by atoms with E-state index in [4.69, 9.17) is 14.6 Å². The molecule has 11 heteroatoms. The lowest BCUT2D eigenvalue weighted by atomic mass is 10.2. The smallest absolute Gasteiger partial charge is 0.337 e. The van der Waals surface area contributed by atoms with Crippen LogP contribution in [0.2, 0.25) is 0 Å². The second-order valence-electron chi connectivity index (χ2n) is 6.44. The summed E-state index contributed by atoms with van der Waals surface area (Å²) >= 11 is 0. The van der Waals surface area contributed by atoms with Gasteiger partial charge in [0.05, 0.1) is 53.8 Å². The summed E-state index contributed by atoms with van der Waals surface area (Å²) in [5.41, 5.74) is 1.01. The number of esters is 1. The highest BCUT2D eigenvalue weighted by Gasteiger charge is 2.15. The van der Waals surface area contributed by atoms with E-state index in [1.165, 1.54) is 57.7 Å². The first-order valence-corrected chi connectivity index (χ1v) is 12.7. The van der Waals surface area contributed by atoms with Crippen molar-refractivity contribution in [3.8, 4) is 0 Å². The fourth-order valence-corrected chi connectivity index (χ4v) is 4.69. The van der Waals surface area contributed by atoms with Crippen LogP contribution in [0.3, 0.4) is 0 Å². The van der Waals surface area contributed by atoms with Crippen LogP contribution in [0.1, 0.15) is 15.9 Å². The van der Waals surface area contributed by atoms with Crippen LogP contribution in [0, 0.1) is 0 Å². The number of rotatable bonds is 10. The van der Waals surface area contributed by atoms with E-state index < -0.39 is 25.6 Å². The van der Waals surface area contributed by atoms with E-state index in [-0.39, 0.29) is 41.1 Å². The summed E-state index contributed by atoms with van der Waals surface area (Å²) in [4.78, 5) is 11.6. The second kappa shape index (κ2) is 13.3. The van der Waals surface area contributed by atoms with Gasteiger partial charge in [0.25, 0.3) is 0 Å². The minimum atomic E-state index is -3.35. The predicted octanol–water partition coefficient (Wildman–Crippen LogP) is 1.49. The van der Waals surface area contributed by atoms with Crippen molar-refractivity contribution in [3.05, 3.63) is 59.7 Å². The first-order valence-electron chi connectivity index (χ1n) is 9.43. The molecule has 9 nitrogen and oxygen atoms in total. The van der Waals surface area contributed by atoms with E-state index in [1.54, 1.807) is 12.1 Å². The topological polar surface area (TPSA) is 133 Å². The van der Waals surface area contributed by atoms with E-state index in [9.17, 15) is 21.6 Å². The standard InChI is InChI=1S/C11H14O5S.C10H14O4S/c1-15-7-8-17(13,14)10-5-3-9(4-6-10)11(12)16-2;1-14-6-7-15(12,13)10-4-2-9(8-11)3-5-10/h3-6H,7-8H2,1-2H3;2-5,11H,6-8H2,1H3. The van der Waals surface area contributed by atoms with E-state index in [0.29, 0.717) is 11.1 Å². The second-order valence-corrected chi connectivity index (χ2v) is 10.7. The first-order chi connectivity index (χ1) is 15.1. The summed E-state index contributed by atoms with van der Waals surface area (Å²) in [6.45, 7) is 0.240. The molecule has 0 aliphatic heterocycles. The van der Waals surface area contributed by atoms with Crippen LogP contribution in [0.5, 0.6) is 0 Å². The normalized spacial score (nSPS) is 11.4. The summed E-state index contributed by atoms with van der Waals surface area (Å²) in [6.07, 6.45) is 0. The summed E-state index contributed by atoms with van der Waals surface area (Å²) in [5, 5.41) is 8.80. The molecule has 178 valence electrons. The minimum absolute atomic E-state index is 0.0258. The number of ether oxygens (including phenoxy) is 3. The number of sulfone groups is 2. The van der Waals surface area contributed by atoms with Gasteiger partial charge >= 0.3 is 5.97 Å². The van der Waals surface area contributed by atoms with Crippen molar-refractivity contribution >= 4 is 25.6 Å². The van der Waals surface area contributed by atoms with Crippen molar-refractivity contribution in [2.45, 2.75) is 16.4 Å². The number of aliphatic hydroxyl groups excluding tert-OH is 1. The van der Waals surface area contributed by atoms with Gasteiger partial charge in [0, 0.05) is 14.2 Å². The van der Waals surface area contributed by atoms with Gasteiger partial charge < -0.3 is 19.3 Å². The number of methoxy groups -OCH3 is 3. The third-order valence-electron chi connectivity index (χ3n) is 4.21. The molecule has 0 bridgehead atoms. The van der Waals surface area contributed by atoms with Crippen molar-refractivity contribution in [3.63, 3.8) is 0 Å². The lowest BCUT2D eigenvalue weighted by Gasteiger charge is -2.04.